The molecule has 0 bridgehead atoms. The first-order valence-electron chi connectivity index (χ1n) is 3.48. The van der Waals surface area contributed by atoms with E-state index in [0.29, 0.717) is 0 Å². The van der Waals surface area contributed by atoms with Gasteiger partial charge in [0.25, 0.3) is 0 Å². The van der Waals surface area contributed by atoms with Crippen molar-refractivity contribution < 1.29 is 0 Å². The molecule has 66 valence electrons. The third-order valence-electron chi connectivity index (χ3n) is 1.50. The van der Waals surface area contributed by atoms with Gasteiger partial charge in [-0.3, -0.25) is 0 Å². The highest BCUT2D eigenvalue weighted by Crippen LogP contribution is 2.24. The van der Waals surface area contributed by atoms with Crippen LogP contribution in [0.4, 0.5) is 0 Å². The fourth-order valence-electron chi connectivity index (χ4n) is 0.912. The Morgan fingerprint density at radius 2 is 2.08 bits per heavy atom. The van der Waals surface area contributed by atoms with Crippen LogP contribution in [0.25, 0.3) is 11.3 Å². The molecule has 2 heterocycles. The van der Waals surface area contributed by atoms with Gasteiger partial charge in [-0.25, -0.2) is 9.97 Å². The first-order chi connectivity index (χ1) is 6.25. The minimum Gasteiger partial charge on any atom is -0.249 e. The fourth-order valence-corrected chi connectivity index (χ4v) is 2.17. The Bertz CT molecular complexity index is 410. The predicted octanol–water partition coefficient (Wildman–Crippen LogP) is 3.73. The standard InChI is InChI=1S/C8H4Br2N2S/c9-7-2-1-5(3-11-7)6-4-13-8(10)12-6/h1-4H. The van der Waals surface area contributed by atoms with Gasteiger partial charge >= 0.3 is 0 Å². The quantitative estimate of drug-likeness (QED) is 0.748. The lowest BCUT2D eigenvalue weighted by atomic mass is 10.2. The molecule has 0 spiro atoms. The number of hydrogen-bond acceptors (Lipinski definition) is 3. The smallest absolute Gasteiger partial charge is 0.159 e. The molecule has 13 heavy (non-hydrogen) atoms. The van der Waals surface area contributed by atoms with Gasteiger partial charge in [-0.15, -0.1) is 11.3 Å². The Balaban J connectivity index is 2.41. The number of halogens is 2. The third-order valence-corrected chi connectivity index (χ3v) is 3.33. The molecular weight excluding hydrogens is 316 g/mol. The van der Waals surface area contributed by atoms with Gasteiger partial charge < -0.3 is 0 Å². The van der Waals surface area contributed by atoms with E-state index in [-0.39, 0.29) is 0 Å². The second-order valence-corrected chi connectivity index (χ2v) is 5.30. The molecule has 2 rings (SSSR count). The van der Waals surface area contributed by atoms with Gasteiger partial charge in [0.2, 0.25) is 0 Å². The van der Waals surface area contributed by atoms with Crippen LogP contribution in [0.2, 0.25) is 0 Å². The lowest BCUT2D eigenvalue weighted by molar-refractivity contribution is 1.26. The molecule has 0 radical (unpaired) electrons. The Hall–Kier alpha value is -0.260. The van der Waals surface area contributed by atoms with Crippen molar-refractivity contribution in [3.63, 3.8) is 0 Å². The zero-order valence-electron chi connectivity index (χ0n) is 6.37. The van der Waals surface area contributed by atoms with Crippen LogP contribution < -0.4 is 0 Å². The minimum absolute atomic E-state index is 0.838. The van der Waals surface area contributed by atoms with E-state index in [4.69, 9.17) is 0 Å². The van der Waals surface area contributed by atoms with Crippen molar-refractivity contribution in [2.24, 2.45) is 0 Å². The van der Waals surface area contributed by atoms with E-state index in [2.05, 4.69) is 41.8 Å². The largest absolute Gasteiger partial charge is 0.249 e. The monoisotopic (exact) mass is 318 g/mol. The maximum absolute atomic E-state index is 4.29. The van der Waals surface area contributed by atoms with Crippen molar-refractivity contribution in [1.29, 1.82) is 0 Å². The van der Waals surface area contributed by atoms with E-state index >= 15 is 0 Å². The Kier molecular flexibility index (Phi) is 2.76. The number of pyridine rings is 1. The summed E-state index contributed by atoms with van der Waals surface area (Å²) < 4.78 is 1.73. The Morgan fingerprint density at radius 3 is 2.62 bits per heavy atom. The second-order valence-electron chi connectivity index (χ2n) is 2.36. The summed E-state index contributed by atoms with van der Waals surface area (Å²) in [5.74, 6) is 0. The summed E-state index contributed by atoms with van der Waals surface area (Å²) in [6.07, 6.45) is 1.80. The molecule has 0 aliphatic rings. The maximum Gasteiger partial charge on any atom is 0.159 e. The van der Waals surface area contributed by atoms with Crippen LogP contribution in [0.3, 0.4) is 0 Å². The van der Waals surface area contributed by atoms with Gasteiger partial charge in [0.05, 0.1) is 5.69 Å². The summed E-state index contributed by atoms with van der Waals surface area (Å²) in [5.41, 5.74) is 1.99. The highest BCUT2D eigenvalue weighted by Gasteiger charge is 2.02. The summed E-state index contributed by atoms with van der Waals surface area (Å²) in [5, 5.41) is 2.00. The average molecular weight is 320 g/mol. The van der Waals surface area contributed by atoms with Gasteiger partial charge in [0.15, 0.2) is 3.92 Å². The van der Waals surface area contributed by atoms with E-state index in [1.807, 2.05) is 17.5 Å². The zero-order chi connectivity index (χ0) is 9.26. The van der Waals surface area contributed by atoms with Crippen LogP contribution in [0.1, 0.15) is 0 Å². The summed E-state index contributed by atoms with van der Waals surface area (Å²) in [7, 11) is 0. The third kappa shape index (κ3) is 2.15. The molecule has 0 fully saturated rings. The first-order valence-corrected chi connectivity index (χ1v) is 5.95. The van der Waals surface area contributed by atoms with Crippen LogP contribution in [0.5, 0.6) is 0 Å². The maximum atomic E-state index is 4.29. The molecule has 0 N–H and O–H groups in total. The van der Waals surface area contributed by atoms with E-state index in [1.165, 1.54) is 0 Å². The highest BCUT2D eigenvalue weighted by atomic mass is 79.9. The molecule has 0 amide bonds. The fraction of sp³-hybridized carbons (Fsp3) is 0. The lowest BCUT2D eigenvalue weighted by Gasteiger charge is -1.94. The number of rotatable bonds is 1. The van der Waals surface area contributed by atoms with Gasteiger partial charge in [0, 0.05) is 17.1 Å². The second kappa shape index (κ2) is 3.86. The highest BCUT2D eigenvalue weighted by molar-refractivity contribution is 9.11. The molecule has 0 saturated carbocycles. The number of thiazole rings is 1. The Labute approximate surface area is 96.3 Å². The summed E-state index contributed by atoms with van der Waals surface area (Å²) in [6, 6.07) is 3.89. The number of nitrogens with zero attached hydrogens (tertiary/aromatic N) is 2. The minimum atomic E-state index is 0.838. The van der Waals surface area contributed by atoms with Gasteiger partial charge in [-0.1, -0.05) is 0 Å². The molecule has 2 aromatic heterocycles. The molecule has 2 aromatic rings. The molecule has 0 atom stereocenters. The normalized spacial score (nSPS) is 10.3. The van der Waals surface area contributed by atoms with Gasteiger partial charge in [-0.05, 0) is 44.0 Å². The molecule has 0 aliphatic heterocycles. The molecular formula is C8H4Br2N2S. The van der Waals surface area contributed by atoms with Crippen LogP contribution in [0, 0.1) is 0 Å². The van der Waals surface area contributed by atoms with Crippen LogP contribution in [0.15, 0.2) is 32.2 Å². The van der Waals surface area contributed by atoms with Crippen molar-refractivity contribution in [3.05, 3.63) is 32.2 Å². The zero-order valence-corrected chi connectivity index (χ0v) is 10.4. The topological polar surface area (TPSA) is 25.8 Å². The van der Waals surface area contributed by atoms with E-state index in [9.17, 15) is 0 Å². The van der Waals surface area contributed by atoms with Crippen LogP contribution in [-0.2, 0) is 0 Å². The lowest BCUT2D eigenvalue weighted by Crippen LogP contribution is -1.79. The van der Waals surface area contributed by atoms with E-state index in [0.717, 1.165) is 19.8 Å². The van der Waals surface area contributed by atoms with Crippen molar-refractivity contribution in [2.45, 2.75) is 0 Å². The van der Waals surface area contributed by atoms with E-state index < -0.39 is 0 Å². The molecule has 0 aromatic carbocycles. The van der Waals surface area contributed by atoms with Gasteiger partial charge in [-0.2, -0.15) is 0 Å². The first kappa shape index (κ1) is 9.30. The summed E-state index contributed by atoms with van der Waals surface area (Å²) in [6.45, 7) is 0. The van der Waals surface area contributed by atoms with Crippen molar-refractivity contribution in [1.82, 2.24) is 9.97 Å². The van der Waals surface area contributed by atoms with Crippen molar-refractivity contribution >= 4 is 43.2 Å². The summed E-state index contributed by atoms with van der Waals surface area (Å²) >= 11 is 8.18. The number of hydrogen-bond donors (Lipinski definition) is 0. The number of aromatic nitrogens is 2. The molecule has 0 saturated heterocycles. The molecule has 0 unspecified atom stereocenters. The van der Waals surface area contributed by atoms with Crippen LogP contribution >= 0.6 is 43.2 Å². The predicted molar refractivity (Wildman–Crippen MR) is 60.7 cm³/mol. The van der Waals surface area contributed by atoms with Crippen molar-refractivity contribution in [2.75, 3.05) is 0 Å². The molecule has 2 nitrogen and oxygen atoms in total. The molecule has 5 heteroatoms. The van der Waals surface area contributed by atoms with E-state index in [1.54, 1.807) is 17.5 Å². The molecule has 0 aliphatic carbocycles. The average Bonchev–Trinajstić information content (AvgIpc) is 2.53. The van der Waals surface area contributed by atoms with Gasteiger partial charge in [0.1, 0.15) is 4.60 Å². The SMILES string of the molecule is Brc1ccc(-c2csc(Br)n2)cn1. The van der Waals surface area contributed by atoms with Crippen LogP contribution in [-0.4, -0.2) is 9.97 Å². The van der Waals surface area contributed by atoms with Crippen molar-refractivity contribution in [3.8, 4) is 11.3 Å². The Morgan fingerprint density at radius 1 is 1.23 bits per heavy atom. The summed E-state index contributed by atoms with van der Waals surface area (Å²) in [4.78, 5) is 8.42.